The van der Waals surface area contributed by atoms with Crippen LogP contribution in [-0.2, 0) is 12.6 Å². The van der Waals surface area contributed by atoms with Crippen molar-refractivity contribution in [2.24, 2.45) is 7.05 Å². The van der Waals surface area contributed by atoms with E-state index >= 15 is 0 Å². The molecule has 0 spiro atoms. The van der Waals surface area contributed by atoms with Crippen LogP contribution in [0.25, 0.3) is 0 Å². The molecule has 2 heterocycles. The average molecular weight is 194 g/mol. The quantitative estimate of drug-likeness (QED) is 0.786. The van der Waals surface area contributed by atoms with Crippen molar-refractivity contribution in [2.45, 2.75) is 38.1 Å². The van der Waals surface area contributed by atoms with Gasteiger partial charge < -0.3 is 5.32 Å². The Morgan fingerprint density at radius 3 is 3.00 bits per heavy atom. The van der Waals surface area contributed by atoms with E-state index in [1.807, 2.05) is 11.7 Å². The lowest BCUT2D eigenvalue weighted by Gasteiger charge is -2.27. The second kappa shape index (κ2) is 3.69. The average Bonchev–Trinajstić information content (AvgIpc) is 2.75. The van der Waals surface area contributed by atoms with Crippen molar-refractivity contribution in [1.82, 2.24) is 20.1 Å². The van der Waals surface area contributed by atoms with Crippen LogP contribution < -0.4 is 5.32 Å². The summed E-state index contributed by atoms with van der Waals surface area (Å²) in [5.41, 5.74) is 0.0972. The number of hydrogen-bond acceptors (Lipinski definition) is 3. The summed E-state index contributed by atoms with van der Waals surface area (Å²) in [4.78, 5) is 4.38. The Bertz CT molecular complexity index is 299. The Morgan fingerprint density at radius 2 is 2.50 bits per heavy atom. The van der Waals surface area contributed by atoms with Crippen molar-refractivity contribution < 1.29 is 0 Å². The number of aromatic nitrogens is 3. The van der Waals surface area contributed by atoms with E-state index in [9.17, 15) is 0 Å². The molecule has 1 unspecified atom stereocenters. The smallest absolute Gasteiger partial charge is 0.146 e. The van der Waals surface area contributed by atoms with Crippen LogP contribution in [0.15, 0.2) is 6.33 Å². The molecule has 1 atom stereocenters. The van der Waals surface area contributed by atoms with E-state index in [1.54, 1.807) is 6.33 Å². The second-order valence-electron chi connectivity index (χ2n) is 4.07. The lowest BCUT2D eigenvalue weighted by molar-refractivity contribution is 0.322. The summed E-state index contributed by atoms with van der Waals surface area (Å²) in [6.45, 7) is 3.32. The molecule has 0 aliphatic carbocycles. The van der Waals surface area contributed by atoms with Gasteiger partial charge in [-0.1, -0.05) is 13.3 Å². The zero-order valence-corrected chi connectivity index (χ0v) is 8.95. The molecule has 4 nitrogen and oxygen atoms in total. The molecule has 78 valence electrons. The Kier molecular flexibility index (Phi) is 2.54. The maximum atomic E-state index is 4.38. The largest absolute Gasteiger partial charge is 0.305 e. The van der Waals surface area contributed by atoms with Gasteiger partial charge in [0.05, 0.1) is 5.54 Å². The molecular formula is C10H18N4. The number of hydrogen-bond donors (Lipinski definition) is 1. The predicted octanol–water partition coefficient (Wildman–Crippen LogP) is 1.19. The van der Waals surface area contributed by atoms with E-state index in [1.165, 1.54) is 19.3 Å². The van der Waals surface area contributed by atoms with Crippen LogP contribution in [0.1, 0.15) is 38.4 Å². The van der Waals surface area contributed by atoms with E-state index in [4.69, 9.17) is 0 Å². The van der Waals surface area contributed by atoms with Crippen LogP contribution in [0, 0.1) is 0 Å². The fourth-order valence-corrected chi connectivity index (χ4v) is 2.48. The summed E-state index contributed by atoms with van der Waals surface area (Å²) in [6, 6.07) is 0. The maximum absolute atomic E-state index is 4.38. The Morgan fingerprint density at radius 1 is 1.64 bits per heavy atom. The second-order valence-corrected chi connectivity index (χ2v) is 4.07. The molecule has 1 aliphatic heterocycles. The first kappa shape index (κ1) is 9.65. The zero-order chi connectivity index (χ0) is 10.0. The maximum Gasteiger partial charge on any atom is 0.146 e. The topological polar surface area (TPSA) is 42.7 Å². The molecule has 0 bridgehead atoms. The molecule has 1 aliphatic rings. The summed E-state index contributed by atoms with van der Waals surface area (Å²) in [7, 11) is 1.97. The van der Waals surface area contributed by atoms with Gasteiger partial charge in [0.25, 0.3) is 0 Å². The van der Waals surface area contributed by atoms with Crippen LogP contribution in [0.4, 0.5) is 0 Å². The molecule has 1 aromatic rings. The predicted molar refractivity (Wildman–Crippen MR) is 54.8 cm³/mol. The van der Waals surface area contributed by atoms with Crippen molar-refractivity contribution in [3.8, 4) is 0 Å². The highest BCUT2D eigenvalue weighted by molar-refractivity contribution is 5.08. The van der Waals surface area contributed by atoms with Crippen LogP contribution in [0.5, 0.6) is 0 Å². The number of nitrogens with zero attached hydrogens (tertiary/aromatic N) is 3. The summed E-state index contributed by atoms with van der Waals surface area (Å²) in [6.07, 6.45) is 6.41. The summed E-state index contributed by atoms with van der Waals surface area (Å²) >= 11 is 0. The molecule has 14 heavy (non-hydrogen) atoms. The van der Waals surface area contributed by atoms with Crippen molar-refractivity contribution in [3.63, 3.8) is 0 Å². The third-order valence-corrected chi connectivity index (χ3v) is 3.06. The third-order valence-electron chi connectivity index (χ3n) is 3.06. The van der Waals surface area contributed by atoms with Gasteiger partial charge in [-0.05, 0) is 25.8 Å². The molecule has 1 saturated heterocycles. The van der Waals surface area contributed by atoms with Gasteiger partial charge in [0.15, 0.2) is 0 Å². The van der Waals surface area contributed by atoms with Crippen molar-refractivity contribution >= 4 is 0 Å². The first-order valence-corrected chi connectivity index (χ1v) is 5.38. The molecular weight excluding hydrogens is 176 g/mol. The normalized spacial score (nSPS) is 27.0. The van der Waals surface area contributed by atoms with Gasteiger partial charge in [0.2, 0.25) is 0 Å². The highest BCUT2D eigenvalue weighted by atomic mass is 15.3. The summed E-state index contributed by atoms with van der Waals surface area (Å²) in [5.74, 6) is 1.09. The van der Waals surface area contributed by atoms with Crippen molar-refractivity contribution in [2.75, 3.05) is 6.54 Å². The molecule has 0 saturated carbocycles. The SMILES string of the molecule is CCCC1(c2ncnn2C)CCCN1. The molecule has 1 aromatic heterocycles. The minimum Gasteiger partial charge on any atom is -0.305 e. The van der Waals surface area contributed by atoms with Crippen LogP contribution in [0.2, 0.25) is 0 Å². The van der Waals surface area contributed by atoms with Crippen molar-refractivity contribution in [3.05, 3.63) is 12.2 Å². The Hall–Kier alpha value is -0.900. The van der Waals surface area contributed by atoms with E-state index in [2.05, 4.69) is 22.3 Å². The van der Waals surface area contributed by atoms with E-state index in [0.717, 1.165) is 18.8 Å². The van der Waals surface area contributed by atoms with E-state index < -0.39 is 0 Å². The highest BCUT2D eigenvalue weighted by Gasteiger charge is 2.37. The minimum absolute atomic E-state index is 0.0972. The summed E-state index contributed by atoms with van der Waals surface area (Å²) < 4.78 is 1.90. The van der Waals surface area contributed by atoms with Gasteiger partial charge in [-0.15, -0.1) is 0 Å². The highest BCUT2D eigenvalue weighted by Crippen LogP contribution is 2.33. The lowest BCUT2D eigenvalue weighted by atomic mass is 9.91. The monoisotopic (exact) mass is 194 g/mol. The van der Waals surface area contributed by atoms with Gasteiger partial charge in [-0.2, -0.15) is 5.10 Å². The zero-order valence-electron chi connectivity index (χ0n) is 8.95. The van der Waals surface area contributed by atoms with Gasteiger partial charge >= 0.3 is 0 Å². The van der Waals surface area contributed by atoms with E-state index in [-0.39, 0.29) is 5.54 Å². The fraction of sp³-hybridized carbons (Fsp3) is 0.800. The van der Waals surface area contributed by atoms with Gasteiger partial charge in [0.1, 0.15) is 12.2 Å². The number of aryl methyl sites for hydroxylation is 1. The fourth-order valence-electron chi connectivity index (χ4n) is 2.48. The first-order valence-electron chi connectivity index (χ1n) is 5.38. The molecule has 4 heteroatoms. The van der Waals surface area contributed by atoms with E-state index in [0.29, 0.717) is 0 Å². The molecule has 0 amide bonds. The molecule has 0 aromatic carbocycles. The van der Waals surface area contributed by atoms with Gasteiger partial charge in [0, 0.05) is 7.05 Å². The van der Waals surface area contributed by atoms with Crippen LogP contribution >= 0.6 is 0 Å². The third kappa shape index (κ3) is 1.43. The Balaban J connectivity index is 2.31. The Labute approximate surface area is 84.7 Å². The summed E-state index contributed by atoms with van der Waals surface area (Å²) in [5, 5.41) is 7.74. The molecule has 1 N–H and O–H groups in total. The number of rotatable bonds is 3. The first-order chi connectivity index (χ1) is 6.78. The minimum atomic E-state index is 0.0972. The van der Waals surface area contributed by atoms with Crippen LogP contribution in [-0.4, -0.2) is 21.3 Å². The van der Waals surface area contributed by atoms with Gasteiger partial charge in [-0.25, -0.2) is 4.98 Å². The van der Waals surface area contributed by atoms with Crippen molar-refractivity contribution in [1.29, 1.82) is 0 Å². The molecule has 2 rings (SSSR count). The number of nitrogens with one attached hydrogen (secondary N) is 1. The standard InChI is InChI=1S/C10H18N4/c1-3-5-10(6-4-7-12-10)9-11-8-13-14(9)2/h8,12H,3-7H2,1-2H3. The molecule has 0 radical (unpaired) electrons. The van der Waals surface area contributed by atoms with Gasteiger partial charge in [-0.3, -0.25) is 4.68 Å². The lowest BCUT2D eigenvalue weighted by Crippen LogP contribution is -2.39. The molecule has 1 fully saturated rings. The van der Waals surface area contributed by atoms with Crippen LogP contribution in [0.3, 0.4) is 0 Å².